The van der Waals surface area contributed by atoms with Gasteiger partial charge in [0.1, 0.15) is 5.82 Å². The second-order valence-corrected chi connectivity index (χ2v) is 5.05. The van der Waals surface area contributed by atoms with E-state index < -0.39 is 0 Å². The van der Waals surface area contributed by atoms with Gasteiger partial charge in [0.05, 0.1) is 17.6 Å². The SMILES string of the molecule is Cc1ccc(Cn2c(=S)[nH]c3ccc(F)cc32)cc1. The van der Waals surface area contributed by atoms with Crippen LogP contribution in [0.3, 0.4) is 0 Å². The van der Waals surface area contributed by atoms with Crippen molar-refractivity contribution in [3.8, 4) is 0 Å². The third-order valence-electron chi connectivity index (χ3n) is 3.20. The van der Waals surface area contributed by atoms with Crippen molar-refractivity contribution in [2.45, 2.75) is 13.5 Å². The number of hydrogen-bond acceptors (Lipinski definition) is 1. The summed E-state index contributed by atoms with van der Waals surface area (Å²) in [6.07, 6.45) is 0. The van der Waals surface area contributed by atoms with Gasteiger partial charge < -0.3 is 9.55 Å². The molecule has 0 spiro atoms. The van der Waals surface area contributed by atoms with Crippen LogP contribution in [0.15, 0.2) is 42.5 Å². The molecule has 0 amide bonds. The van der Waals surface area contributed by atoms with E-state index in [2.05, 4.69) is 36.2 Å². The number of benzene rings is 2. The predicted octanol–water partition coefficient (Wildman–Crippen LogP) is 4.19. The van der Waals surface area contributed by atoms with E-state index in [0.717, 1.165) is 16.6 Å². The van der Waals surface area contributed by atoms with Gasteiger partial charge in [-0.25, -0.2) is 4.39 Å². The zero-order valence-corrected chi connectivity index (χ0v) is 11.3. The summed E-state index contributed by atoms with van der Waals surface area (Å²) >= 11 is 5.31. The molecule has 0 bridgehead atoms. The maximum absolute atomic E-state index is 13.4. The number of fused-ring (bicyclic) bond motifs is 1. The van der Waals surface area contributed by atoms with Crippen molar-refractivity contribution in [3.05, 3.63) is 64.2 Å². The highest BCUT2D eigenvalue weighted by molar-refractivity contribution is 7.71. The van der Waals surface area contributed by atoms with Crippen molar-refractivity contribution in [2.75, 3.05) is 0 Å². The minimum Gasteiger partial charge on any atom is -0.331 e. The number of aromatic nitrogens is 2. The molecule has 0 radical (unpaired) electrons. The van der Waals surface area contributed by atoms with E-state index in [9.17, 15) is 4.39 Å². The molecule has 0 fully saturated rings. The number of imidazole rings is 1. The number of aryl methyl sites for hydroxylation is 1. The summed E-state index contributed by atoms with van der Waals surface area (Å²) in [6, 6.07) is 12.9. The van der Waals surface area contributed by atoms with Gasteiger partial charge in [0.25, 0.3) is 0 Å². The van der Waals surface area contributed by atoms with Gasteiger partial charge in [-0.1, -0.05) is 29.8 Å². The molecule has 2 aromatic carbocycles. The summed E-state index contributed by atoms with van der Waals surface area (Å²) in [5, 5.41) is 0. The molecule has 2 nitrogen and oxygen atoms in total. The zero-order valence-electron chi connectivity index (χ0n) is 10.5. The van der Waals surface area contributed by atoms with Crippen LogP contribution in [0.2, 0.25) is 0 Å². The lowest BCUT2D eigenvalue weighted by molar-refractivity contribution is 0.628. The molecule has 19 heavy (non-hydrogen) atoms. The number of rotatable bonds is 2. The Morgan fingerprint density at radius 3 is 2.63 bits per heavy atom. The van der Waals surface area contributed by atoms with Crippen LogP contribution in [-0.2, 0) is 6.54 Å². The lowest BCUT2D eigenvalue weighted by atomic mass is 10.1. The summed E-state index contributed by atoms with van der Waals surface area (Å²) < 4.78 is 15.9. The van der Waals surface area contributed by atoms with Crippen molar-refractivity contribution in [2.24, 2.45) is 0 Å². The minimum atomic E-state index is -0.251. The summed E-state index contributed by atoms with van der Waals surface area (Å²) in [6.45, 7) is 2.69. The highest BCUT2D eigenvalue weighted by atomic mass is 32.1. The van der Waals surface area contributed by atoms with Crippen LogP contribution in [0.4, 0.5) is 4.39 Å². The fourth-order valence-corrected chi connectivity index (χ4v) is 2.43. The molecule has 1 N–H and O–H groups in total. The van der Waals surface area contributed by atoms with E-state index in [4.69, 9.17) is 12.2 Å². The zero-order chi connectivity index (χ0) is 13.4. The van der Waals surface area contributed by atoms with E-state index >= 15 is 0 Å². The van der Waals surface area contributed by atoms with Gasteiger partial charge in [0.2, 0.25) is 0 Å². The van der Waals surface area contributed by atoms with E-state index in [-0.39, 0.29) is 5.82 Å². The summed E-state index contributed by atoms with van der Waals surface area (Å²) in [4.78, 5) is 3.10. The van der Waals surface area contributed by atoms with Gasteiger partial charge >= 0.3 is 0 Å². The molecular formula is C15H13FN2S. The first-order chi connectivity index (χ1) is 9.13. The second kappa shape index (κ2) is 4.63. The largest absolute Gasteiger partial charge is 0.331 e. The monoisotopic (exact) mass is 272 g/mol. The molecule has 0 atom stereocenters. The number of nitrogens with one attached hydrogen (secondary N) is 1. The molecule has 1 heterocycles. The lowest BCUT2D eigenvalue weighted by Gasteiger charge is -2.05. The maximum atomic E-state index is 13.4. The Kier molecular flexibility index (Phi) is 2.95. The van der Waals surface area contributed by atoms with E-state index in [1.165, 1.54) is 17.7 Å². The molecule has 1 aromatic heterocycles. The van der Waals surface area contributed by atoms with Gasteiger partial charge in [-0.2, -0.15) is 0 Å². The van der Waals surface area contributed by atoms with E-state index in [1.807, 2.05) is 4.57 Å². The predicted molar refractivity (Wildman–Crippen MR) is 77.4 cm³/mol. The summed E-state index contributed by atoms with van der Waals surface area (Å²) in [7, 11) is 0. The Morgan fingerprint density at radius 1 is 1.16 bits per heavy atom. The first-order valence-electron chi connectivity index (χ1n) is 6.07. The fraction of sp³-hybridized carbons (Fsp3) is 0.133. The number of halogens is 1. The standard InChI is InChI=1S/C15H13FN2S/c1-10-2-4-11(5-3-10)9-18-14-8-12(16)6-7-13(14)17-15(18)19/h2-8H,9H2,1H3,(H,17,19). The topological polar surface area (TPSA) is 20.7 Å². The highest BCUT2D eigenvalue weighted by Crippen LogP contribution is 2.17. The van der Waals surface area contributed by atoms with Crippen LogP contribution in [0, 0.1) is 17.5 Å². The van der Waals surface area contributed by atoms with Crippen molar-refractivity contribution in [3.63, 3.8) is 0 Å². The molecular weight excluding hydrogens is 259 g/mol. The highest BCUT2D eigenvalue weighted by Gasteiger charge is 2.06. The first-order valence-corrected chi connectivity index (χ1v) is 6.48. The molecule has 0 saturated carbocycles. The summed E-state index contributed by atoms with van der Waals surface area (Å²) in [5.74, 6) is -0.251. The lowest BCUT2D eigenvalue weighted by Crippen LogP contribution is -1.99. The number of hydrogen-bond donors (Lipinski definition) is 1. The normalized spacial score (nSPS) is 11.1. The second-order valence-electron chi connectivity index (χ2n) is 4.66. The Bertz CT molecular complexity index is 784. The van der Waals surface area contributed by atoms with Crippen LogP contribution in [0.1, 0.15) is 11.1 Å². The molecule has 3 aromatic rings. The summed E-state index contributed by atoms with van der Waals surface area (Å²) in [5.41, 5.74) is 4.02. The molecule has 0 aliphatic rings. The molecule has 96 valence electrons. The van der Waals surface area contributed by atoms with Crippen LogP contribution in [0.5, 0.6) is 0 Å². The van der Waals surface area contributed by atoms with E-state index in [0.29, 0.717) is 11.3 Å². The quantitative estimate of drug-likeness (QED) is 0.694. The van der Waals surface area contributed by atoms with Gasteiger partial charge in [-0.05, 0) is 42.9 Å². The van der Waals surface area contributed by atoms with Crippen molar-refractivity contribution >= 4 is 23.3 Å². The average Bonchev–Trinajstić information content (AvgIpc) is 2.69. The average molecular weight is 272 g/mol. The first kappa shape index (κ1) is 12.1. The molecule has 0 unspecified atom stereocenters. The van der Waals surface area contributed by atoms with Gasteiger partial charge in [-0.15, -0.1) is 0 Å². The van der Waals surface area contributed by atoms with Crippen molar-refractivity contribution in [1.29, 1.82) is 0 Å². The maximum Gasteiger partial charge on any atom is 0.178 e. The number of aromatic amines is 1. The smallest absolute Gasteiger partial charge is 0.178 e. The Balaban J connectivity index is 2.09. The third kappa shape index (κ3) is 2.31. The molecule has 4 heteroatoms. The van der Waals surface area contributed by atoms with Crippen molar-refractivity contribution < 1.29 is 4.39 Å². The van der Waals surface area contributed by atoms with Gasteiger partial charge in [-0.3, -0.25) is 0 Å². The van der Waals surface area contributed by atoms with E-state index in [1.54, 1.807) is 6.07 Å². The third-order valence-corrected chi connectivity index (χ3v) is 3.52. The molecule has 0 aliphatic heterocycles. The molecule has 3 rings (SSSR count). The molecule has 0 aliphatic carbocycles. The Hall–Kier alpha value is -1.94. The van der Waals surface area contributed by atoms with Gasteiger partial charge in [0, 0.05) is 0 Å². The van der Waals surface area contributed by atoms with Crippen LogP contribution in [-0.4, -0.2) is 9.55 Å². The molecule has 0 saturated heterocycles. The van der Waals surface area contributed by atoms with Crippen LogP contribution < -0.4 is 0 Å². The number of H-pyrrole nitrogens is 1. The number of nitrogens with zero attached hydrogens (tertiary/aromatic N) is 1. The van der Waals surface area contributed by atoms with Gasteiger partial charge in [0.15, 0.2) is 4.77 Å². The minimum absolute atomic E-state index is 0.251. The Morgan fingerprint density at radius 2 is 1.89 bits per heavy atom. The van der Waals surface area contributed by atoms with Crippen molar-refractivity contribution in [1.82, 2.24) is 9.55 Å². The van der Waals surface area contributed by atoms with Crippen LogP contribution >= 0.6 is 12.2 Å². The van der Waals surface area contributed by atoms with Crippen LogP contribution in [0.25, 0.3) is 11.0 Å². The Labute approximate surface area is 115 Å². The fourth-order valence-electron chi connectivity index (χ4n) is 2.16.